The van der Waals surface area contributed by atoms with Crippen molar-refractivity contribution in [2.75, 3.05) is 6.61 Å². The maximum absolute atomic E-state index is 12.5. The predicted octanol–water partition coefficient (Wildman–Crippen LogP) is 3.48. The molecular weight excluding hydrogens is 380 g/mol. The highest BCUT2D eigenvalue weighted by Gasteiger charge is 2.22. The number of carbonyl (C=O) groups excluding carboxylic acids is 1. The molecule has 3 aromatic heterocycles. The number of H-pyrrole nitrogens is 1. The number of thiophene rings is 1. The number of hydrogen-bond donors (Lipinski definition) is 1. The van der Waals surface area contributed by atoms with Gasteiger partial charge in [0.15, 0.2) is 4.34 Å². The molecule has 0 aliphatic rings. The van der Waals surface area contributed by atoms with E-state index in [2.05, 4.69) is 20.2 Å². The van der Waals surface area contributed by atoms with Gasteiger partial charge in [-0.1, -0.05) is 23.1 Å². The summed E-state index contributed by atoms with van der Waals surface area (Å²) in [7, 11) is 0. The zero-order valence-electron chi connectivity index (χ0n) is 14.1. The van der Waals surface area contributed by atoms with Crippen LogP contribution in [0, 0.1) is 13.8 Å². The number of nitrogens with one attached hydrogen (secondary N) is 1. The number of hydrogen-bond acceptors (Lipinski definition) is 9. The molecule has 0 aromatic carbocycles. The van der Waals surface area contributed by atoms with E-state index in [4.69, 9.17) is 4.74 Å². The van der Waals surface area contributed by atoms with Gasteiger partial charge in [0, 0.05) is 0 Å². The summed E-state index contributed by atoms with van der Waals surface area (Å²) in [6, 6.07) is 0. The molecule has 10 heteroatoms. The first-order valence-corrected chi connectivity index (χ1v) is 10.1. The molecule has 7 nitrogen and oxygen atoms in total. The summed E-state index contributed by atoms with van der Waals surface area (Å²) in [5.41, 5.74) is 0.365. The number of ether oxygens (including phenoxy) is 1. The van der Waals surface area contributed by atoms with E-state index >= 15 is 0 Å². The first-order chi connectivity index (χ1) is 11.9. The van der Waals surface area contributed by atoms with E-state index in [1.807, 2.05) is 13.8 Å². The van der Waals surface area contributed by atoms with Crippen molar-refractivity contribution < 1.29 is 9.53 Å². The van der Waals surface area contributed by atoms with E-state index in [1.165, 1.54) is 34.4 Å². The van der Waals surface area contributed by atoms with Gasteiger partial charge in [0.2, 0.25) is 0 Å². The molecule has 3 heterocycles. The van der Waals surface area contributed by atoms with E-state index in [1.54, 1.807) is 13.8 Å². The number of fused-ring (bicyclic) bond motifs is 1. The normalized spacial score (nSPS) is 12.5. The predicted molar refractivity (Wildman–Crippen MR) is 99.9 cm³/mol. The first kappa shape index (κ1) is 18.0. The summed E-state index contributed by atoms with van der Waals surface area (Å²) >= 11 is 4.17. The number of esters is 1. The van der Waals surface area contributed by atoms with Gasteiger partial charge in [-0.05, 0) is 33.3 Å². The van der Waals surface area contributed by atoms with Gasteiger partial charge in [-0.25, -0.2) is 9.78 Å². The highest BCUT2D eigenvalue weighted by Crippen LogP contribution is 2.35. The fourth-order valence-corrected chi connectivity index (χ4v) is 5.38. The maximum atomic E-state index is 12.5. The van der Waals surface area contributed by atoms with E-state index in [0.29, 0.717) is 26.5 Å². The second-order valence-electron chi connectivity index (χ2n) is 5.26. The second-order valence-corrected chi connectivity index (χ2v) is 9.02. The molecule has 0 saturated heterocycles. The number of aryl methyl sites for hydroxylation is 2. The lowest BCUT2D eigenvalue weighted by molar-refractivity contribution is 0.0531. The topological polar surface area (TPSA) is 97.8 Å². The Morgan fingerprint density at radius 1 is 1.32 bits per heavy atom. The third-order valence-electron chi connectivity index (χ3n) is 3.45. The summed E-state index contributed by atoms with van der Waals surface area (Å²) in [6.45, 7) is 7.61. The van der Waals surface area contributed by atoms with Crippen molar-refractivity contribution in [2.24, 2.45) is 0 Å². The van der Waals surface area contributed by atoms with Crippen LogP contribution in [0.5, 0.6) is 0 Å². The molecule has 3 aromatic rings. The summed E-state index contributed by atoms with van der Waals surface area (Å²) in [4.78, 5) is 32.9. The quantitative estimate of drug-likeness (QED) is 0.521. The fraction of sp³-hybridized carbons (Fsp3) is 0.400. The lowest BCUT2D eigenvalue weighted by Gasteiger charge is -2.07. The Morgan fingerprint density at radius 2 is 2.08 bits per heavy atom. The number of nitrogens with zero attached hydrogens (tertiary/aromatic N) is 3. The third kappa shape index (κ3) is 3.60. The van der Waals surface area contributed by atoms with Gasteiger partial charge in [0.25, 0.3) is 5.56 Å². The lowest BCUT2D eigenvalue weighted by atomic mass is 10.2. The number of rotatable bonds is 5. The van der Waals surface area contributed by atoms with Crippen molar-refractivity contribution in [3.05, 3.63) is 31.6 Å². The van der Waals surface area contributed by atoms with Crippen molar-refractivity contribution >= 4 is 50.6 Å². The molecule has 0 amide bonds. The van der Waals surface area contributed by atoms with Gasteiger partial charge in [-0.3, -0.25) is 4.79 Å². The first-order valence-electron chi connectivity index (χ1n) is 7.57. The number of aromatic nitrogens is 4. The van der Waals surface area contributed by atoms with E-state index in [-0.39, 0.29) is 17.4 Å². The van der Waals surface area contributed by atoms with Crippen molar-refractivity contribution in [3.63, 3.8) is 0 Å². The van der Waals surface area contributed by atoms with Crippen LogP contribution < -0.4 is 5.56 Å². The minimum absolute atomic E-state index is 0.0992. The Kier molecular flexibility index (Phi) is 5.21. The van der Waals surface area contributed by atoms with E-state index in [9.17, 15) is 9.59 Å². The van der Waals surface area contributed by atoms with Crippen LogP contribution in [0.1, 0.15) is 45.2 Å². The van der Waals surface area contributed by atoms with Crippen molar-refractivity contribution in [2.45, 2.75) is 37.3 Å². The molecule has 0 fully saturated rings. The molecule has 3 rings (SSSR count). The third-order valence-corrected chi connectivity index (χ3v) is 6.65. The van der Waals surface area contributed by atoms with Gasteiger partial charge in [-0.15, -0.1) is 21.5 Å². The number of carbonyl (C=O) groups is 1. The summed E-state index contributed by atoms with van der Waals surface area (Å²) in [5.74, 6) is 0.128. The van der Waals surface area contributed by atoms with Crippen LogP contribution in [0.3, 0.4) is 0 Å². The second kappa shape index (κ2) is 7.22. The smallest absolute Gasteiger partial charge is 0.348 e. The molecular formula is C15H16N4O3S3. The Bertz CT molecular complexity index is 992. The van der Waals surface area contributed by atoms with Crippen LogP contribution in [0.4, 0.5) is 0 Å². The molecule has 25 heavy (non-hydrogen) atoms. The van der Waals surface area contributed by atoms with E-state index in [0.717, 1.165) is 9.35 Å². The SMILES string of the molecule is CCOC(=O)c1sc2nc(C(C)Sc3nnc(C)s3)[nH]c(=O)c2c1C. The highest BCUT2D eigenvalue weighted by atomic mass is 32.2. The molecule has 132 valence electrons. The summed E-state index contributed by atoms with van der Waals surface area (Å²) in [5, 5.41) is 9.30. The Hall–Kier alpha value is -1.78. The van der Waals surface area contributed by atoms with Crippen LogP contribution in [0.25, 0.3) is 10.2 Å². The standard InChI is InChI=1S/C15H16N4O3S3/c1-5-22-14(21)10-6(2)9-12(20)16-11(17-13(9)25-10)7(3)23-15-19-18-8(4)24-15/h7H,5H2,1-4H3,(H,16,17,20). The van der Waals surface area contributed by atoms with Crippen molar-refractivity contribution in [1.29, 1.82) is 0 Å². The fourth-order valence-electron chi connectivity index (χ4n) is 2.28. The summed E-state index contributed by atoms with van der Waals surface area (Å²) < 4.78 is 5.87. The minimum atomic E-state index is -0.421. The lowest BCUT2D eigenvalue weighted by Crippen LogP contribution is -2.12. The average molecular weight is 397 g/mol. The Morgan fingerprint density at radius 3 is 2.72 bits per heavy atom. The van der Waals surface area contributed by atoms with Gasteiger partial charge >= 0.3 is 5.97 Å². The largest absolute Gasteiger partial charge is 0.462 e. The molecule has 1 unspecified atom stereocenters. The van der Waals surface area contributed by atoms with E-state index < -0.39 is 5.97 Å². The molecule has 0 radical (unpaired) electrons. The van der Waals surface area contributed by atoms with Crippen LogP contribution in [-0.4, -0.2) is 32.7 Å². The average Bonchev–Trinajstić information content (AvgIpc) is 3.11. The van der Waals surface area contributed by atoms with Gasteiger partial charge in [-0.2, -0.15) is 0 Å². The zero-order valence-corrected chi connectivity index (χ0v) is 16.5. The van der Waals surface area contributed by atoms with Gasteiger partial charge in [0.05, 0.1) is 17.2 Å². The summed E-state index contributed by atoms with van der Waals surface area (Å²) in [6.07, 6.45) is 0. The van der Waals surface area contributed by atoms with Crippen molar-refractivity contribution in [3.8, 4) is 0 Å². The molecule has 0 bridgehead atoms. The minimum Gasteiger partial charge on any atom is -0.462 e. The molecule has 1 atom stereocenters. The Balaban J connectivity index is 1.98. The van der Waals surface area contributed by atoms with Crippen LogP contribution in [-0.2, 0) is 4.74 Å². The van der Waals surface area contributed by atoms with Crippen LogP contribution >= 0.6 is 34.4 Å². The molecule has 0 saturated carbocycles. The molecule has 0 aliphatic heterocycles. The molecule has 0 aliphatic carbocycles. The molecule has 1 N–H and O–H groups in total. The van der Waals surface area contributed by atoms with Gasteiger partial charge in [0.1, 0.15) is 20.5 Å². The van der Waals surface area contributed by atoms with Gasteiger partial charge < -0.3 is 9.72 Å². The monoisotopic (exact) mass is 396 g/mol. The molecule has 0 spiro atoms. The van der Waals surface area contributed by atoms with Crippen molar-refractivity contribution in [1.82, 2.24) is 20.2 Å². The number of thioether (sulfide) groups is 1. The Labute approximate surface area is 155 Å². The number of aromatic amines is 1. The van der Waals surface area contributed by atoms with Crippen LogP contribution in [0.15, 0.2) is 9.13 Å². The maximum Gasteiger partial charge on any atom is 0.348 e. The van der Waals surface area contributed by atoms with Crippen LogP contribution in [0.2, 0.25) is 0 Å². The zero-order chi connectivity index (χ0) is 18.1. The highest BCUT2D eigenvalue weighted by molar-refractivity contribution is 8.01.